The summed E-state index contributed by atoms with van der Waals surface area (Å²) in [5.74, 6) is -0.251. The maximum absolute atomic E-state index is 12.1. The predicted molar refractivity (Wildman–Crippen MR) is 72.1 cm³/mol. The van der Waals surface area contributed by atoms with Crippen molar-refractivity contribution in [1.82, 2.24) is 15.2 Å². The quantitative estimate of drug-likeness (QED) is 0.825. The van der Waals surface area contributed by atoms with Crippen molar-refractivity contribution in [3.05, 3.63) is 34.2 Å². The lowest BCUT2D eigenvalue weighted by atomic mass is 9.99. The third-order valence-electron chi connectivity index (χ3n) is 4.24. The highest BCUT2D eigenvalue weighted by atomic mass is 16.2. The summed E-state index contributed by atoms with van der Waals surface area (Å²) in [7, 11) is 0. The number of nitrogens with one attached hydrogen (secondary N) is 2. The van der Waals surface area contributed by atoms with Crippen LogP contribution >= 0.6 is 0 Å². The van der Waals surface area contributed by atoms with Gasteiger partial charge in [0.2, 0.25) is 0 Å². The van der Waals surface area contributed by atoms with Crippen molar-refractivity contribution >= 4 is 5.91 Å². The molecule has 2 N–H and O–H groups in total. The van der Waals surface area contributed by atoms with Crippen LogP contribution < -0.4 is 10.7 Å². The molecule has 0 saturated carbocycles. The van der Waals surface area contributed by atoms with Crippen LogP contribution in [-0.2, 0) is 0 Å². The van der Waals surface area contributed by atoms with Gasteiger partial charge in [-0.15, -0.1) is 0 Å². The van der Waals surface area contributed by atoms with E-state index in [9.17, 15) is 9.59 Å². The van der Waals surface area contributed by atoms with Crippen LogP contribution in [0.4, 0.5) is 0 Å². The van der Waals surface area contributed by atoms with E-state index in [2.05, 4.69) is 15.2 Å². The van der Waals surface area contributed by atoms with Crippen LogP contribution in [0.3, 0.4) is 0 Å². The smallest absolute Gasteiger partial charge is 0.257 e. The molecule has 2 aliphatic rings. The van der Waals surface area contributed by atoms with E-state index in [-0.39, 0.29) is 22.9 Å². The molecule has 2 fully saturated rings. The third kappa shape index (κ3) is 2.42. The Kier molecular flexibility index (Phi) is 3.38. The first-order chi connectivity index (χ1) is 9.25. The first-order valence-corrected chi connectivity index (χ1v) is 6.98. The van der Waals surface area contributed by atoms with Crippen molar-refractivity contribution in [3.63, 3.8) is 0 Å². The van der Waals surface area contributed by atoms with Gasteiger partial charge in [0, 0.05) is 37.1 Å². The number of hydrogen-bond donors (Lipinski definition) is 2. The van der Waals surface area contributed by atoms with E-state index in [4.69, 9.17) is 0 Å². The van der Waals surface area contributed by atoms with Crippen LogP contribution in [0.1, 0.15) is 36.0 Å². The average Bonchev–Trinajstić information content (AvgIpc) is 2.83. The van der Waals surface area contributed by atoms with Crippen molar-refractivity contribution in [3.8, 4) is 0 Å². The Morgan fingerprint density at radius 3 is 3.05 bits per heavy atom. The summed E-state index contributed by atoms with van der Waals surface area (Å²) in [6, 6.07) is 2.03. The highest BCUT2D eigenvalue weighted by Crippen LogP contribution is 2.27. The standard InChI is InChI=1S/C14H19N3O2/c18-13-4-6-15-9-10(13)14(19)16-11-5-8-17-7-2-1-3-12(11)17/h4,6,9,11-12H,1-3,5,7-8H2,(H,15,18)(H,16,19). The zero-order chi connectivity index (χ0) is 13.2. The number of aromatic amines is 1. The van der Waals surface area contributed by atoms with Crippen molar-refractivity contribution < 1.29 is 4.79 Å². The molecule has 5 heteroatoms. The summed E-state index contributed by atoms with van der Waals surface area (Å²) in [5.41, 5.74) is -0.0218. The normalized spacial score (nSPS) is 26.9. The van der Waals surface area contributed by atoms with Gasteiger partial charge >= 0.3 is 0 Å². The minimum atomic E-state index is -0.251. The van der Waals surface area contributed by atoms with E-state index in [0.29, 0.717) is 6.04 Å². The molecule has 0 bridgehead atoms. The van der Waals surface area contributed by atoms with Crippen LogP contribution in [0.25, 0.3) is 0 Å². The molecule has 5 nitrogen and oxygen atoms in total. The molecule has 1 aromatic heterocycles. The Labute approximate surface area is 112 Å². The maximum Gasteiger partial charge on any atom is 0.257 e. The second-order valence-corrected chi connectivity index (χ2v) is 5.39. The number of H-pyrrole nitrogens is 1. The molecule has 2 unspecified atom stereocenters. The third-order valence-corrected chi connectivity index (χ3v) is 4.24. The zero-order valence-corrected chi connectivity index (χ0v) is 10.9. The molecule has 19 heavy (non-hydrogen) atoms. The molecule has 3 rings (SSSR count). The highest BCUT2D eigenvalue weighted by Gasteiger charge is 2.36. The van der Waals surface area contributed by atoms with E-state index in [1.54, 1.807) is 0 Å². The zero-order valence-electron chi connectivity index (χ0n) is 10.9. The van der Waals surface area contributed by atoms with Gasteiger partial charge in [-0.2, -0.15) is 0 Å². The molecule has 0 radical (unpaired) electrons. The molecule has 3 heterocycles. The van der Waals surface area contributed by atoms with Gasteiger partial charge in [0.05, 0.1) is 0 Å². The fourth-order valence-electron chi connectivity index (χ4n) is 3.26. The van der Waals surface area contributed by atoms with Gasteiger partial charge in [0.1, 0.15) is 5.56 Å². The fraction of sp³-hybridized carbons (Fsp3) is 0.571. The van der Waals surface area contributed by atoms with Gasteiger partial charge in [-0.25, -0.2) is 0 Å². The first kappa shape index (κ1) is 12.4. The molecule has 2 aliphatic heterocycles. The van der Waals surface area contributed by atoms with Crippen LogP contribution in [0, 0.1) is 0 Å². The molecule has 0 spiro atoms. The van der Waals surface area contributed by atoms with Gasteiger partial charge in [0.25, 0.3) is 5.91 Å². The summed E-state index contributed by atoms with van der Waals surface area (Å²) in [6.45, 7) is 2.20. The van der Waals surface area contributed by atoms with Crippen molar-refractivity contribution in [2.24, 2.45) is 0 Å². The lowest BCUT2D eigenvalue weighted by molar-refractivity contribution is 0.0914. The second kappa shape index (κ2) is 5.17. The predicted octanol–water partition coefficient (Wildman–Crippen LogP) is 0.731. The molecule has 102 valence electrons. The fourth-order valence-corrected chi connectivity index (χ4v) is 3.26. The number of carbonyl (C=O) groups excluding carboxylic acids is 1. The number of nitrogens with zero attached hydrogens (tertiary/aromatic N) is 1. The van der Waals surface area contributed by atoms with E-state index >= 15 is 0 Å². The summed E-state index contributed by atoms with van der Waals surface area (Å²) in [5, 5.41) is 3.03. The SMILES string of the molecule is O=C(NC1CCN2CCCCC12)c1c[nH]ccc1=O. The van der Waals surface area contributed by atoms with Crippen LogP contribution in [0.2, 0.25) is 0 Å². The van der Waals surface area contributed by atoms with E-state index in [0.717, 1.165) is 25.9 Å². The minimum Gasteiger partial charge on any atom is -0.367 e. The van der Waals surface area contributed by atoms with Crippen molar-refractivity contribution in [2.45, 2.75) is 37.8 Å². The van der Waals surface area contributed by atoms with Crippen LogP contribution in [0.15, 0.2) is 23.3 Å². The van der Waals surface area contributed by atoms with Gasteiger partial charge in [0.15, 0.2) is 5.43 Å². The molecule has 2 atom stereocenters. The number of hydrogen-bond acceptors (Lipinski definition) is 3. The molecule has 0 aromatic carbocycles. The topological polar surface area (TPSA) is 65.2 Å². The Balaban J connectivity index is 1.70. The lowest BCUT2D eigenvalue weighted by Crippen LogP contribution is -2.47. The molecular weight excluding hydrogens is 242 g/mol. The molecular formula is C14H19N3O2. The van der Waals surface area contributed by atoms with Crippen LogP contribution in [0.5, 0.6) is 0 Å². The Morgan fingerprint density at radius 2 is 2.21 bits per heavy atom. The molecule has 2 saturated heterocycles. The Bertz CT molecular complexity index is 525. The number of rotatable bonds is 2. The Hall–Kier alpha value is -1.62. The number of carbonyl (C=O) groups is 1. The van der Waals surface area contributed by atoms with Gasteiger partial charge in [-0.05, 0) is 25.8 Å². The maximum atomic E-state index is 12.1. The number of fused-ring (bicyclic) bond motifs is 1. The molecule has 1 aromatic rings. The van der Waals surface area contributed by atoms with Crippen LogP contribution in [-0.4, -0.2) is 41.0 Å². The summed E-state index contributed by atoms with van der Waals surface area (Å²) in [4.78, 5) is 29.0. The second-order valence-electron chi connectivity index (χ2n) is 5.39. The summed E-state index contributed by atoms with van der Waals surface area (Å²) in [6.07, 6.45) is 7.65. The average molecular weight is 261 g/mol. The lowest BCUT2D eigenvalue weighted by Gasteiger charge is -2.32. The summed E-state index contributed by atoms with van der Waals surface area (Å²) < 4.78 is 0. The van der Waals surface area contributed by atoms with Gasteiger partial charge in [-0.3, -0.25) is 14.5 Å². The van der Waals surface area contributed by atoms with E-state index in [1.807, 2.05) is 0 Å². The first-order valence-electron chi connectivity index (χ1n) is 6.98. The monoisotopic (exact) mass is 261 g/mol. The number of aromatic nitrogens is 1. The largest absolute Gasteiger partial charge is 0.367 e. The van der Waals surface area contributed by atoms with E-state index < -0.39 is 0 Å². The van der Waals surface area contributed by atoms with Crippen molar-refractivity contribution in [2.75, 3.05) is 13.1 Å². The van der Waals surface area contributed by atoms with Gasteiger partial charge in [-0.1, -0.05) is 6.42 Å². The Morgan fingerprint density at radius 1 is 1.32 bits per heavy atom. The highest BCUT2D eigenvalue weighted by molar-refractivity contribution is 5.94. The van der Waals surface area contributed by atoms with Crippen molar-refractivity contribution in [1.29, 1.82) is 0 Å². The van der Waals surface area contributed by atoms with Gasteiger partial charge < -0.3 is 10.3 Å². The number of piperidine rings is 1. The number of pyridine rings is 1. The molecule has 0 aliphatic carbocycles. The van der Waals surface area contributed by atoms with E-state index in [1.165, 1.54) is 31.3 Å². The molecule has 1 amide bonds. The summed E-state index contributed by atoms with van der Waals surface area (Å²) >= 11 is 0. The number of amides is 1. The minimum absolute atomic E-state index is 0.187.